The smallest absolute Gasteiger partial charge is 0.132 e. The number of hydrogen-bond acceptors (Lipinski definition) is 3. The van der Waals surface area contributed by atoms with Gasteiger partial charge in [0, 0.05) is 30.2 Å². The third-order valence-corrected chi connectivity index (χ3v) is 3.97. The van der Waals surface area contributed by atoms with E-state index in [4.69, 9.17) is 11.6 Å². The molecule has 2 heterocycles. The zero-order chi connectivity index (χ0) is 13.0. The lowest BCUT2D eigenvalue weighted by Crippen LogP contribution is -2.37. The molecule has 1 aromatic heterocycles. The van der Waals surface area contributed by atoms with Crippen LogP contribution in [0.3, 0.4) is 0 Å². The summed E-state index contributed by atoms with van der Waals surface area (Å²) in [5.74, 6) is 2.16. The lowest BCUT2D eigenvalue weighted by molar-refractivity contribution is 0.614. The van der Waals surface area contributed by atoms with Crippen molar-refractivity contribution in [1.29, 1.82) is 0 Å². The lowest BCUT2D eigenvalue weighted by atomic mass is 10.1. The van der Waals surface area contributed by atoms with E-state index in [1.54, 1.807) is 6.33 Å². The summed E-state index contributed by atoms with van der Waals surface area (Å²) in [5, 5.41) is 0. The van der Waals surface area contributed by atoms with Crippen molar-refractivity contribution >= 4 is 17.4 Å². The van der Waals surface area contributed by atoms with Gasteiger partial charge in [-0.05, 0) is 18.8 Å². The van der Waals surface area contributed by atoms with Crippen LogP contribution in [0.5, 0.6) is 0 Å². The van der Waals surface area contributed by atoms with Crippen molar-refractivity contribution in [3.05, 3.63) is 18.1 Å². The molecule has 0 radical (unpaired) electrons. The molecule has 1 aromatic rings. The Bertz CT molecular complexity index is 381. The number of alkyl halides is 1. The quantitative estimate of drug-likeness (QED) is 0.784. The summed E-state index contributed by atoms with van der Waals surface area (Å²) in [7, 11) is 0. The fraction of sp³-hybridized carbons (Fsp3) is 0.714. The van der Waals surface area contributed by atoms with Gasteiger partial charge in [0.15, 0.2) is 0 Å². The van der Waals surface area contributed by atoms with Crippen LogP contribution in [0.25, 0.3) is 0 Å². The van der Waals surface area contributed by atoms with Crippen molar-refractivity contribution in [2.75, 3.05) is 17.3 Å². The third-order valence-electron chi connectivity index (χ3n) is 3.61. The maximum atomic E-state index is 6.11. The van der Waals surface area contributed by atoms with Gasteiger partial charge in [-0.2, -0.15) is 0 Å². The monoisotopic (exact) mass is 267 g/mol. The average molecular weight is 268 g/mol. The van der Waals surface area contributed by atoms with Crippen LogP contribution in [0.2, 0.25) is 0 Å². The van der Waals surface area contributed by atoms with Gasteiger partial charge in [-0.15, -0.1) is 11.6 Å². The van der Waals surface area contributed by atoms with E-state index in [1.807, 2.05) is 0 Å². The van der Waals surface area contributed by atoms with E-state index in [-0.39, 0.29) is 0 Å². The van der Waals surface area contributed by atoms with Crippen molar-refractivity contribution in [3.63, 3.8) is 0 Å². The minimum Gasteiger partial charge on any atom is -0.352 e. The van der Waals surface area contributed by atoms with Crippen molar-refractivity contribution in [3.8, 4) is 0 Å². The lowest BCUT2D eigenvalue weighted by Gasteiger charge is -2.29. The molecule has 0 saturated carbocycles. The first-order valence-electron chi connectivity index (χ1n) is 6.87. The number of halogens is 1. The minimum atomic E-state index is 0.420. The molecule has 0 N–H and O–H groups in total. The van der Waals surface area contributed by atoms with E-state index < -0.39 is 0 Å². The maximum Gasteiger partial charge on any atom is 0.132 e. The normalized spacial score (nSPS) is 21.1. The van der Waals surface area contributed by atoms with E-state index in [1.165, 1.54) is 25.7 Å². The summed E-state index contributed by atoms with van der Waals surface area (Å²) in [6.45, 7) is 5.38. The molecule has 2 rings (SSSR count). The van der Waals surface area contributed by atoms with Crippen LogP contribution in [-0.4, -0.2) is 28.4 Å². The second kappa shape index (κ2) is 6.37. The summed E-state index contributed by atoms with van der Waals surface area (Å²) < 4.78 is 0. The first-order chi connectivity index (χ1) is 8.72. The Morgan fingerprint density at radius 1 is 1.33 bits per heavy atom. The van der Waals surface area contributed by atoms with Crippen molar-refractivity contribution in [2.24, 2.45) is 0 Å². The van der Waals surface area contributed by atoms with Gasteiger partial charge in [0.05, 0.1) is 0 Å². The highest BCUT2D eigenvalue weighted by atomic mass is 35.5. The number of anilines is 1. The number of hydrogen-bond donors (Lipinski definition) is 0. The molecular formula is C14H22ClN3. The summed E-state index contributed by atoms with van der Waals surface area (Å²) in [6, 6.07) is 2.54. The molecule has 3 nitrogen and oxygen atoms in total. The number of aromatic nitrogens is 2. The molecule has 0 aromatic carbocycles. The van der Waals surface area contributed by atoms with Gasteiger partial charge in [-0.3, -0.25) is 0 Å². The van der Waals surface area contributed by atoms with E-state index in [2.05, 4.69) is 34.8 Å². The summed E-state index contributed by atoms with van der Waals surface area (Å²) in [6.07, 6.45) is 6.65. The molecule has 4 heteroatoms. The molecule has 1 aliphatic heterocycles. The van der Waals surface area contributed by atoms with Crippen LogP contribution in [0.1, 0.15) is 51.1 Å². The van der Waals surface area contributed by atoms with Crippen LogP contribution < -0.4 is 4.90 Å². The molecule has 1 fully saturated rings. The Morgan fingerprint density at radius 2 is 2.17 bits per heavy atom. The predicted octanol–water partition coefficient (Wildman–Crippen LogP) is 3.59. The Balaban J connectivity index is 2.24. The van der Waals surface area contributed by atoms with Gasteiger partial charge in [0.25, 0.3) is 0 Å². The third kappa shape index (κ3) is 3.14. The number of nitrogens with zero attached hydrogens (tertiary/aromatic N) is 3. The zero-order valence-electron chi connectivity index (χ0n) is 11.3. The van der Waals surface area contributed by atoms with Gasteiger partial charge in [0.2, 0.25) is 0 Å². The van der Waals surface area contributed by atoms with Crippen molar-refractivity contribution in [2.45, 2.75) is 51.5 Å². The van der Waals surface area contributed by atoms with Gasteiger partial charge in [-0.25, -0.2) is 9.97 Å². The van der Waals surface area contributed by atoms with Crippen LogP contribution >= 0.6 is 11.6 Å². The molecule has 1 saturated heterocycles. The van der Waals surface area contributed by atoms with E-state index in [0.29, 0.717) is 17.8 Å². The van der Waals surface area contributed by atoms with Gasteiger partial charge in [-0.1, -0.05) is 26.7 Å². The van der Waals surface area contributed by atoms with E-state index in [0.717, 1.165) is 18.1 Å². The Kier molecular flexibility index (Phi) is 4.81. The first-order valence-corrected chi connectivity index (χ1v) is 7.40. The highest BCUT2D eigenvalue weighted by molar-refractivity contribution is 6.18. The fourth-order valence-corrected chi connectivity index (χ4v) is 2.79. The topological polar surface area (TPSA) is 29.0 Å². The molecule has 18 heavy (non-hydrogen) atoms. The average Bonchev–Trinajstić information content (AvgIpc) is 2.63. The second-order valence-electron chi connectivity index (χ2n) is 5.31. The predicted molar refractivity (Wildman–Crippen MR) is 76.4 cm³/mol. The highest BCUT2D eigenvalue weighted by Gasteiger charge is 2.21. The van der Waals surface area contributed by atoms with E-state index >= 15 is 0 Å². The number of rotatable bonds is 3. The Labute approximate surface area is 115 Å². The Morgan fingerprint density at radius 3 is 2.89 bits per heavy atom. The molecule has 1 unspecified atom stereocenters. The molecule has 0 aliphatic carbocycles. The SMILES string of the molecule is CC(C)c1cc(N2CCCCCC2CCl)ncn1. The van der Waals surface area contributed by atoms with Gasteiger partial charge in [0.1, 0.15) is 12.1 Å². The molecule has 0 spiro atoms. The van der Waals surface area contributed by atoms with Crippen molar-refractivity contribution < 1.29 is 0 Å². The van der Waals surface area contributed by atoms with Crippen molar-refractivity contribution in [1.82, 2.24) is 9.97 Å². The van der Waals surface area contributed by atoms with Crippen LogP contribution in [0.4, 0.5) is 5.82 Å². The standard InChI is InChI=1S/C14H22ClN3/c1-11(2)13-8-14(17-10-16-13)18-7-5-3-4-6-12(18)9-15/h8,10-12H,3-7,9H2,1-2H3. The van der Waals surface area contributed by atoms with Crippen LogP contribution in [0, 0.1) is 0 Å². The van der Waals surface area contributed by atoms with Crippen LogP contribution in [0.15, 0.2) is 12.4 Å². The molecule has 0 bridgehead atoms. The summed E-state index contributed by atoms with van der Waals surface area (Å²) >= 11 is 6.11. The maximum absolute atomic E-state index is 6.11. The van der Waals surface area contributed by atoms with Gasteiger partial charge < -0.3 is 4.90 Å². The minimum absolute atomic E-state index is 0.420. The summed E-state index contributed by atoms with van der Waals surface area (Å²) in [4.78, 5) is 11.1. The highest BCUT2D eigenvalue weighted by Crippen LogP contribution is 2.24. The van der Waals surface area contributed by atoms with Crippen LogP contribution in [-0.2, 0) is 0 Å². The molecular weight excluding hydrogens is 246 g/mol. The molecule has 1 aliphatic rings. The molecule has 1 atom stereocenters. The zero-order valence-corrected chi connectivity index (χ0v) is 12.0. The Hall–Kier alpha value is -0.830. The summed E-state index contributed by atoms with van der Waals surface area (Å²) in [5.41, 5.74) is 1.11. The first kappa shape index (κ1) is 13.6. The van der Waals surface area contributed by atoms with E-state index in [9.17, 15) is 0 Å². The second-order valence-corrected chi connectivity index (χ2v) is 5.62. The molecule has 0 amide bonds. The van der Waals surface area contributed by atoms with Gasteiger partial charge >= 0.3 is 0 Å². The molecule has 100 valence electrons. The largest absolute Gasteiger partial charge is 0.352 e. The fourth-order valence-electron chi connectivity index (χ4n) is 2.47.